The van der Waals surface area contributed by atoms with E-state index >= 15 is 0 Å². The molecule has 0 atom stereocenters. The molecule has 0 spiro atoms. The number of aromatic nitrogens is 3. The lowest BCUT2D eigenvalue weighted by atomic mass is 10.1. The maximum Gasteiger partial charge on any atom is 0.259 e. The Kier molecular flexibility index (Phi) is 5.75. The first-order valence-corrected chi connectivity index (χ1v) is 11.3. The number of pyridine rings is 1. The van der Waals surface area contributed by atoms with Crippen molar-refractivity contribution in [1.29, 1.82) is 0 Å². The molecule has 8 heteroatoms. The van der Waals surface area contributed by atoms with Gasteiger partial charge in [0.1, 0.15) is 17.0 Å². The van der Waals surface area contributed by atoms with Crippen LogP contribution in [-0.2, 0) is 13.6 Å². The number of fused-ring (bicyclic) bond motifs is 1. The third-order valence-corrected chi connectivity index (χ3v) is 6.37. The molecule has 7 nitrogen and oxygen atoms in total. The summed E-state index contributed by atoms with van der Waals surface area (Å²) in [6.45, 7) is 5.25. The predicted molar refractivity (Wildman–Crippen MR) is 129 cm³/mol. The van der Waals surface area contributed by atoms with Crippen molar-refractivity contribution in [3.63, 3.8) is 0 Å². The average Bonchev–Trinajstić information content (AvgIpc) is 3.20. The summed E-state index contributed by atoms with van der Waals surface area (Å²) in [5.41, 5.74) is 2.81. The van der Waals surface area contributed by atoms with Crippen molar-refractivity contribution in [1.82, 2.24) is 24.1 Å². The minimum Gasteiger partial charge on any atom is -0.336 e. The number of nitrogens with zero attached hydrogens (tertiary/aromatic N) is 5. The van der Waals surface area contributed by atoms with Crippen LogP contribution in [0, 0.1) is 12.7 Å². The van der Waals surface area contributed by atoms with Crippen LogP contribution in [0.4, 0.5) is 4.39 Å². The van der Waals surface area contributed by atoms with E-state index in [0.29, 0.717) is 35.5 Å². The third kappa shape index (κ3) is 4.01. The Labute approximate surface area is 196 Å². The number of hydrogen-bond acceptors (Lipinski definition) is 4. The molecule has 34 heavy (non-hydrogen) atoms. The summed E-state index contributed by atoms with van der Waals surface area (Å²) in [5, 5.41) is 4.92. The Morgan fingerprint density at radius 1 is 1.00 bits per heavy atom. The molecule has 0 unspecified atom stereocenters. The maximum atomic E-state index is 13.4. The van der Waals surface area contributed by atoms with Crippen LogP contribution in [0.2, 0.25) is 0 Å². The predicted octanol–water partition coefficient (Wildman–Crippen LogP) is 3.13. The number of piperazine rings is 1. The van der Waals surface area contributed by atoms with E-state index in [4.69, 9.17) is 0 Å². The van der Waals surface area contributed by atoms with E-state index < -0.39 is 0 Å². The molecule has 0 aliphatic carbocycles. The minimum atomic E-state index is -0.345. The van der Waals surface area contributed by atoms with Gasteiger partial charge in [0.25, 0.3) is 5.91 Å². The van der Waals surface area contributed by atoms with Crippen molar-refractivity contribution < 1.29 is 9.18 Å². The van der Waals surface area contributed by atoms with Crippen LogP contribution in [0.1, 0.15) is 21.6 Å². The van der Waals surface area contributed by atoms with Crippen molar-refractivity contribution in [3.8, 4) is 5.69 Å². The van der Waals surface area contributed by atoms with E-state index in [9.17, 15) is 14.0 Å². The number of benzene rings is 2. The van der Waals surface area contributed by atoms with Gasteiger partial charge in [0.05, 0.1) is 16.8 Å². The Morgan fingerprint density at radius 2 is 1.68 bits per heavy atom. The number of carbonyl (C=O) groups is 1. The molecule has 1 aliphatic rings. The second-order valence-corrected chi connectivity index (χ2v) is 8.71. The van der Waals surface area contributed by atoms with Crippen molar-refractivity contribution in [3.05, 3.63) is 93.7 Å². The van der Waals surface area contributed by atoms with Crippen LogP contribution in [0.15, 0.2) is 65.6 Å². The standard InChI is InChI=1S/C26H26FN5O2/c1-18-23-24(33)22(17-29(2)25(23)32(28-18)21-10-8-20(27)9-11-21)26(34)31-14-12-30(13-15-31)16-19-6-4-3-5-7-19/h3-11,17H,12-16H2,1-2H3. The van der Waals surface area contributed by atoms with Gasteiger partial charge in [-0.3, -0.25) is 14.5 Å². The Morgan fingerprint density at radius 3 is 2.35 bits per heavy atom. The van der Waals surface area contributed by atoms with Crippen molar-refractivity contribution in [2.75, 3.05) is 26.2 Å². The van der Waals surface area contributed by atoms with Gasteiger partial charge in [-0.1, -0.05) is 30.3 Å². The second-order valence-electron chi connectivity index (χ2n) is 8.71. The van der Waals surface area contributed by atoms with Crippen LogP contribution >= 0.6 is 0 Å². The molecule has 1 fully saturated rings. The molecule has 4 aromatic rings. The average molecular weight is 460 g/mol. The highest BCUT2D eigenvalue weighted by Crippen LogP contribution is 2.21. The molecule has 3 heterocycles. The molecule has 2 aromatic carbocycles. The van der Waals surface area contributed by atoms with E-state index in [1.165, 1.54) is 17.7 Å². The summed E-state index contributed by atoms with van der Waals surface area (Å²) in [7, 11) is 1.79. The number of carbonyl (C=O) groups excluding carboxylic acids is 1. The van der Waals surface area contributed by atoms with Crippen LogP contribution in [0.5, 0.6) is 0 Å². The van der Waals surface area contributed by atoms with Crippen molar-refractivity contribution >= 4 is 16.9 Å². The van der Waals surface area contributed by atoms with E-state index in [1.807, 2.05) is 18.2 Å². The fraction of sp³-hybridized carbons (Fsp3) is 0.269. The molecule has 2 aromatic heterocycles. The summed E-state index contributed by atoms with van der Waals surface area (Å²) in [5.74, 6) is -0.599. The SMILES string of the molecule is Cc1nn(-c2ccc(F)cc2)c2c1c(=O)c(C(=O)N1CCN(Cc3ccccc3)CC1)cn2C. The molecule has 0 saturated carbocycles. The number of rotatable bonds is 4. The lowest BCUT2D eigenvalue weighted by Crippen LogP contribution is -2.49. The molecule has 1 aliphatic heterocycles. The van der Waals surface area contributed by atoms with Gasteiger partial charge in [0, 0.05) is 46.0 Å². The zero-order chi connectivity index (χ0) is 23.8. The fourth-order valence-electron chi connectivity index (χ4n) is 4.59. The van der Waals surface area contributed by atoms with Crippen LogP contribution in [0.25, 0.3) is 16.7 Å². The summed E-state index contributed by atoms with van der Waals surface area (Å²) >= 11 is 0. The summed E-state index contributed by atoms with van der Waals surface area (Å²) in [4.78, 5) is 30.8. The van der Waals surface area contributed by atoms with Gasteiger partial charge in [0.15, 0.2) is 0 Å². The lowest BCUT2D eigenvalue weighted by molar-refractivity contribution is 0.0626. The zero-order valence-corrected chi connectivity index (χ0v) is 19.2. The van der Waals surface area contributed by atoms with Gasteiger partial charge < -0.3 is 9.47 Å². The highest BCUT2D eigenvalue weighted by molar-refractivity contribution is 5.97. The molecular formula is C26H26FN5O2. The molecule has 1 saturated heterocycles. The number of hydrogen-bond donors (Lipinski definition) is 0. The molecule has 1 amide bonds. The van der Waals surface area contributed by atoms with Crippen LogP contribution < -0.4 is 5.43 Å². The molecule has 0 N–H and O–H groups in total. The minimum absolute atomic E-state index is 0.147. The van der Waals surface area contributed by atoms with Gasteiger partial charge in [-0.2, -0.15) is 5.10 Å². The van der Waals surface area contributed by atoms with Crippen LogP contribution in [0.3, 0.4) is 0 Å². The molecular weight excluding hydrogens is 433 g/mol. The molecule has 5 rings (SSSR count). The van der Waals surface area contributed by atoms with E-state index in [2.05, 4.69) is 22.1 Å². The van der Waals surface area contributed by atoms with Gasteiger partial charge in [-0.15, -0.1) is 0 Å². The summed E-state index contributed by atoms with van der Waals surface area (Å²) in [6, 6.07) is 16.2. The monoisotopic (exact) mass is 459 g/mol. The highest BCUT2D eigenvalue weighted by atomic mass is 19.1. The first-order chi connectivity index (χ1) is 16.4. The highest BCUT2D eigenvalue weighted by Gasteiger charge is 2.26. The quantitative estimate of drug-likeness (QED) is 0.471. The first kappa shape index (κ1) is 22.0. The van der Waals surface area contributed by atoms with Crippen LogP contribution in [-0.4, -0.2) is 56.2 Å². The number of halogens is 1. The first-order valence-electron chi connectivity index (χ1n) is 11.3. The van der Waals surface area contributed by atoms with Crippen molar-refractivity contribution in [2.24, 2.45) is 7.05 Å². The molecule has 174 valence electrons. The Bertz CT molecular complexity index is 1400. The Hall–Kier alpha value is -3.78. The van der Waals surface area contributed by atoms with Gasteiger partial charge in [-0.25, -0.2) is 9.07 Å². The molecule has 0 bridgehead atoms. The molecule has 0 radical (unpaired) electrons. The number of amides is 1. The Balaban J connectivity index is 1.40. The van der Waals surface area contributed by atoms with Gasteiger partial charge in [0.2, 0.25) is 5.43 Å². The van der Waals surface area contributed by atoms with Crippen molar-refractivity contribution in [2.45, 2.75) is 13.5 Å². The van der Waals surface area contributed by atoms with Gasteiger partial charge in [-0.05, 0) is 36.8 Å². The maximum absolute atomic E-state index is 13.4. The van der Waals surface area contributed by atoms with E-state index in [1.54, 1.807) is 46.4 Å². The topological polar surface area (TPSA) is 63.4 Å². The third-order valence-electron chi connectivity index (χ3n) is 6.37. The summed E-state index contributed by atoms with van der Waals surface area (Å²) in [6.07, 6.45) is 1.59. The normalized spacial score (nSPS) is 14.6. The largest absolute Gasteiger partial charge is 0.336 e. The number of aryl methyl sites for hydroxylation is 2. The van der Waals surface area contributed by atoms with E-state index in [0.717, 1.165) is 19.6 Å². The van der Waals surface area contributed by atoms with Gasteiger partial charge >= 0.3 is 0 Å². The second kappa shape index (κ2) is 8.87. The lowest BCUT2D eigenvalue weighted by Gasteiger charge is -2.34. The zero-order valence-electron chi connectivity index (χ0n) is 19.2. The smallest absolute Gasteiger partial charge is 0.259 e. The van der Waals surface area contributed by atoms with E-state index in [-0.39, 0.29) is 22.7 Å². The summed E-state index contributed by atoms with van der Waals surface area (Å²) < 4.78 is 16.7. The fourth-order valence-corrected chi connectivity index (χ4v) is 4.59.